The molecule has 7 nitrogen and oxygen atoms in total. The van der Waals surface area contributed by atoms with Crippen LogP contribution in [0.1, 0.15) is 34.6 Å². The third kappa shape index (κ3) is 4.13. The van der Waals surface area contributed by atoms with Crippen LogP contribution in [0.2, 0.25) is 4.34 Å². The Bertz CT molecular complexity index is 1070. The number of amides is 2. The van der Waals surface area contributed by atoms with E-state index in [1.54, 1.807) is 12.1 Å². The summed E-state index contributed by atoms with van der Waals surface area (Å²) >= 11 is 7.36. The largest absolute Gasteiger partial charge is 0.456 e. The molecule has 4 rings (SSSR count). The molecule has 3 aromatic rings. The molecular weight excluding hydrogens is 414 g/mol. The summed E-state index contributed by atoms with van der Waals surface area (Å²) in [5.74, 6) is -1.21. The van der Waals surface area contributed by atoms with Gasteiger partial charge in [-0.2, -0.15) is 0 Å². The molecule has 0 fully saturated rings. The van der Waals surface area contributed by atoms with Crippen molar-refractivity contribution in [1.82, 2.24) is 15.6 Å². The van der Waals surface area contributed by atoms with Gasteiger partial charge < -0.3 is 20.4 Å². The molecule has 0 spiro atoms. The second-order valence-electron chi connectivity index (χ2n) is 6.83. The standard InChI is InChI=1S/C20H18ClN3O4S/c1-10(25)28-9-17(26)24-18-13-5-3-2-4-11(13)6-14(18)22-19(27)15-7-12-8-16(21)29-20(12)23-15/h2-5,7-8,14,18,23H,6,9H2,1H3,(H,22,27)(H,24,26)/t14-,18+/m1/s1. The number of halogens is 1. The molecule has 1 aliphatic carbocycles. The van der Waals surface area contributed by atoms with E-state index in [0.29, 0.717) is 16.5 Å². The van der Waals surface area contributed by atoms with Crippen molar-refractivity contribution in [2.45, 2.75) is 25.4 Å². The highest BCUT2D eigenvalue weighted by Crippen LogP contribution is 2.32. The summed E-state index contributed by atoms with van der Waals surface area (Å²) in [6.45, 7) is 0.887. The number of fused-ring (bicyclic) bond motifs is 2. The van der Waals surface area contributed by atoms with E-state index in [4.69, 9.17) is 16.3 Å². The minimum atomic E-state index is -0.524. The van der Waals surface area contributed by atoms with E-state index < -0.39 is 17.9 Å². The van der Waals surface area contributed by atoms with Crippen LogP contribution in [0, 0.1) is 0 Å². The zero-order valence-electron chi connectivity index (χ0n) is 15.5. The number of hydrogen-bond donors (Lipinski definition) is 3. The molecule has 2 heterocycles. The van der Waals surface area contributed by atoms with Gasteiger partial charge in [-0.25, -0.2) is 0 Å². The third-order valence-electron chi connectivity index (χ3n) is 4.80. The van der Waals surface area contributed by atoms with Crippen LogP contribution in [0.15, 0.2) is 36.4 Å². The van der Waals surface area contributed by atoms with Gasteiger partial charge in [0.25, 0.3) is 11.8 Å². The molecule has 0 saturated heterocycles. The van der Waals surface area contributed by atoms with E-state index in [2.05, 4.69) is 15.6 Å². The van der Waals surface area contributed by atoms with E-state index in [0.717, 1.165) is 21.3 Å². The predicted molar refractivity (Wildman–Crippen MR) is 110 cm³/mol. The Balaban J connectivity index is 1.51. The van der Waals surface area contributed by atoms with Crippen molar-refractivity contribution in [3.63, 3.8) is 0 Å². The topological polar surface area (TPSA) is 100 Å². The minimum Gasteiger partial charge on any atom is -0.456 e. The fourth-order valence-corrected chi connectivity index (χ4v) is 4.68. The second kappa shape index (κ2) is 7.88. The van der Waals surface area contributed by atoms with Crippen molar-refractivity contribution in [3.8, 4) is 0 Å². The molecule has 150 valence electrons. The number of aromatic nitrogens is 1. The number of carbonyl (C=O) groups is 3. The zero-order chi connectivity index (χ0) is 20.5. The number of rotatable bonds is 5. The summed E-state index contributed by atoms with van der Waals surface area (Å²) in [5, 5.41) is 6.76. The number of hydrogen-bond acceptors (Lipinski definition) is 5. The van der Waals surface area contributed by atoms with E-state index >= 15 is 0 Å². The average Bonchev–Trinajstić information content (AvgIpc) is 3.31. The van der Waals surface area contributed by atoms with E-state index in [1.807, 2.05) is 24.3 Å². The second-order valence-corrected chi connectivity index (χ2v) is 8.51. The van der Waals surface area contributed by atoms with Crippen LogP contribution in [0.25, 0.3) is 10.2 Å². The molecule has 2 atom stereocenters. The summed E-state index contributed by atoms with van der Waals surface area (Å²) in [5.41, 5.74) is 2.42. The van der Waals surface area contributed by atoms with E-state index in [9.17, 15) is 14.4 Å². The van der Waals surface area contributed by atoms with Crippen molar-refractivity contribution >= 4 is 50.9 Å². The molecule has 0 bridgehead atoms. The fourth-order valence-electron chi connectivity index (χ4n) is 3.55. The van der Waals surface area contributed by atoms with Crippen LogP contribution < -0.4 is 10.6 Å². The van der Waals surface area contributed by atoms with Crippen molar-refractivity contribution in [1.29, 1.82) is 0 Å². The molecule has 1 aromatic carbocycles. The minimum absolute atomic E-state index is 0.262. The number of esters is 1. The lowest BCUT2D eigenvalue weighted by atomic mass is 10.1. The molecule has 1 aliphatic rings. The molecule has 0 unspecified atom stereocenters. The number of thiophene rings is 1. The first-order valence-electron chi connectivity index (χ1n) is 9.00. The molecule has 2 aromatic heterocycles. The van der Waals surface area contributed by atoms with Gasteiger partial charge in [0.1, 0.15) is 10.5 Å². The lowest BCUT2D eigenvalue weighted by Crippen LogP contribution is -2.45. The lowest BCUT2D eigenvalue weighted by molar-refractivity contribution is -0.146. The molecule has 9 heteroatoms. The van der Waals surface area contributed by atoms with Crippen LogP contribution in [0.4, 0.5) is 0 Å². The number of benzene rings is 1. The molecule has 0 radical (unpaired) electrons. The molecular formula is C20H18ClN3O4S. The number of nitrogens with one attached hydrogen (secondary N) is 3. The Morgan fingerprint density at radius 3 is 2.79 bits per heavy atom. The van der Waals surface area contributed by atoms with Gasteiger partial charge in [0.2, 0.25) is 0 Å². The van der Waals surface area contributed by atoms with Crippen LogP contribution in [-0.2, 0) is 20.7 Å². The SMILES string of the molecule is CC(=O)OCC(=O)N[C@H]1c2ccccc2C[C@H]1NC(=O)c1cc2cc(Cl)sc2[nH]1. The summed E-state index contributed by atoms with van der Waals surface area (Å²) in [7, 11) is 0. The first-order chi connectivity index (χ1) is 13.9. The first-order valence-corrected chi connectivity index (χ1v) is 10.2. The van der Waals surface area contributed by atoms with Crippen molar-refractivity contribution in [2.75, 3.05) is 6.61 Å². The van der Waals surface area contributed by atoms with Gasteiger partial charge in [0.05, 0.1) is 16.4 Å². The highest BCUT2D eigenvalue weighted by Gasteiger charge is 2.35. The highest BCUT2D eigenvalue weighted by molar-refractivity contribution is 7.22. The zero-order valence-corrected chi connectivity index (χ0v) is 17.0. The normalized spacial score (nSPS) is 17.7. The summed E-state index contributed by atoms with van der Waals surface area (Å²) < 4.78 is 5.42. The quantitative estimate of drug-likeness (QED) is 0.540. The van der Waals surface area contributed by atoms with Gasteiger partial charge in [-0.1, -0.05) is 35.9 Å². The number of ether oxygens (including phenoxy) is 1. The van der Waals surface area contributed by atoms with Gasteiger partial charge >= 0.3 is 5.97 Å². The Hall–Kier alpha value is -2.84. The predicted octanol–water partition coefficient (Wildman–Crippen LogP) is 2.96. The molecule has 0 aliphatic heterocycles. The smallest absolute Gasteiger partial charge is 0.303 e. The maximum Gasteiger partial charge on any atom is 0.303 e. The maximum atomic E-state index is 12.8. The van der Waals surface area contributed by atoms with Crippen LogP contribution in [0.3, 0.4) is 0 Å². The number of aromatic amines is 1. The Morgan fingerprint density at radius 1 is 1.24 bits per heavy atom. The van der Waals surface area contributed by atoms with E-state index in [-0.39, 0.29) is 18.6 Å². The Morgan fingerprint density at radius 2 is 2.03 bits per heavy atom. The molecule has 0 saturated carbocycles. The van der Waals surface area contributed by atoms with Gasteiger partial charge in [-0.3, -0.25) is 14.4 Å². The molecule has 29 heavy (non-hydrogen) atoms. The fraction of sp³-hybridized carbons (Fsp3) is 0.250. The summed E-state index contributed by atoms with van der Waals surface area (Å²) in [6, 6.07) is 10.5. The van der Waals surface area contributed by atoms with Crippen LogP contribution >= 0.6 is 22.9 Å². The van der Waals surface area contributed by atoms with Gasteiger partial charge in [0.15, 0.2) is 6.61 Å². The Labute approximate surface area is 175 Å². The summed E-state index contributed by atoms with van der Waals surface area (Å²) in [4.78, 5) is 39.9. The summed E-state index contributed by atoms with van der Waals surface area (Å²) in [6.07, 6.45) is 0.585. The van der Waals surface area contributed by atoms with Crippen molar-refractivity contribution in [2.24, 2.45) is 0 Å². The molecule has 3 N–H and O–H groups in total. The lowest BCUT2D eigenvalue weighted by Gasteiger charge is -2.23. The highest BCUT2D eigenvalue weighted by atomic mass is 35.5. The third-order valence-corrected chi connectivity index (χ3v) is 5.99. The molecule has 2 amide bonds. The Kier molecular flexibility index (Phi) is 5.29. The monoisotopic (exact) mass is 431 g/mol. The van der Waals surface area contributed by atoms with Crippen molar-refractivity contribution < 1.29 is 19.1 Å². The van der Waals surface area contributed by atoms with Crippen molar-refractivity contribution in [3.05, 3.63) is 57.6 Å². The first kappa shape index (κ1) is 19.5. The maximum absolute atomic E-state index is 12.8. The van der Waals surface area contributed by atoms with Gasteiger partial charge in [-0.05, 0) is 29.7 Å². The number of carbonyl (C=O) groups excluding carboxylic acids is 3. The van der Waals surface area contributed by atoms with Gasteiger partial charge in [-0.15, -0.1) is 11.3 Å². The van der Waals surface area contributed by atoms with E-state index in [1.165, 1.54) is 18.3 Å². The van der Waals surface area contributed by atoms with Crippen LogP contribution in [0.5, 0.6) is 0 Å². The average molecular weight is 432 g/mol. The van der Waals surface area contributed by atoms with Crippen LogP contribution in [-0.4, -0.2) is 35.4 Å². The van der Waals surface area contributed by atoms with Gasteiger partial charge in [0, 0.05) is 12.3 Å². The number of H-pyrrole nitrogens is 1.